The maximum Gasteiger partial charge on any atom is 0.193 e. The van der Waals surface area contributed by atoms with Crippen LogP contribution >= 0.6 is 35.7 Å². The summed E-state index contributed by atoms with van der Waals surface area (Å²) in [5.74, 6) is 2.23. The summed E-state index contributed by atoms with van der Waals surface area (Å²) in [5.41, 5.74) is 0. The monoisotopic (exact) mass is 401 g/mol. The summed E-state index contributed by atoms with van der Waals surface area (Å²) in [5, 5.41) is 3.39. The van der Waals surface area contributed by atoms with E-state index in [2.05, 4.69) is 36.0 Å². The quantitative estimate of drug-likeness (QED) is 0.332. The van der Waals surface area contributed by atoms with Gasteiger partial charge in [0.2, 0.25) is 0 Å². The highest BCUT2D eigenvalue weighted by atomic mass is 127. The van der Waals surface area contributed by atoms with E-state index in [9.17, 15) is 0 Å². The van der Waals surface area contributed by atoms with Crippen LogP contribution in [0.2, 0.25) is 0 Å². The highest BCUT2D eigenvalue weighted by Crippen LogP contribution is 2.29. The maximum absolute atomic E-state index is 5.06. The minimum atomic E-state index is 0. The van der Waals surface area contributed by atoms with E-state index < -0.39 is 0 Å². The van der Waals surface area contributed by atoms with Crippen molar-refractivity contribution < 1.29 is 4.74 Å². The summed E-state index contributed by atoms with van der Waals surface area (Å²) in [4.78, 5) is 7.06. The van der Waals surface area contributed by atoms with Gasteiger partial charge in [-0.25, -0.2) is 0 Å². The highest BCUT2D eigenvalue weighted by Gasteiger charge is 2.28. The number of methoxy groups -OCH3 is 1. The Kier molecular flexibility index (Phi) is 10.3. The van der Waals surface area contributed by atoms with Crippen LogP contribution in [0, 0.1) is 0 Å². The van der Waals surface area contributed by atoms with Crippen molar-refractivity contribution in [2.75, 3.05) is 45.6 Å². The molecule has 1 rings (SSSR count). The molecule has 0 spiro atoms. The first kappa shape index (κ1) is 19.3. The molecule has 0 bridgehead atoms. The van der Waals surface area contributed by atoms with Crippen LogP contribution in [0.1, 0.15) is 27.2 Å². The van der Waals surface area contributed by atoms with E-state index in [1.807, 2.05) is 11.8 Å². The molecule has 0 aromatic heterocycles. The average molecular weight is 401 g/mol. The fourth-order valence-corrected chi connectivity index (χ4v) is 3.13. The van der Waals surface area contributed by atoms with Gasteiger partial charge in [0, 0.05) is 50.4 Å². The Hall–Kier alpha value is 0.310. The summed E-state index contributed by atoms with van der Waals surface area (Å²) in [6.45, 7) is 11.4. The van der Waals surface area contributed by atoms with Crippen LogP contribution in [0.15, 0.2) is 4.99 Å². The molecule has 4 nitrogen and oxygen atoms in total. The molecule has 1 fully saturated rings. The minimum absolute atomic E-state index is 0. The van der Waals surface area contributed by atoms with Crippen molar-refractivity contribution in [1.82, 2.24) is 10.2 Å². The third kappa shape index (κ3) is 7.60. The molecule has 0 saturated carbocycles. The molecule has 0 radical (unpaired) electrons. The molecule has 1 N–H and O–H groups in total. The zero-order chi connectivity index (χ0) is 13.4. The molecule has 0 amide bonds. The Bertz CT molecular complexity index is 275. The highest BCUT2D eigenvalue weighted by molar-refractivity contribution is 14.0. The molecule has 19 heavy (non-hydrogen) atoms. The fraction of sp³-hybridized carbons (Fsp3) is 0.923. The van der Waals surface area contributed by atoms with E-state index in [1.165, 1.54) is 5.75 Å². The molecule has 1 aliphatic heterocycles. The normalized spacial score (nSPS) is 18.9. The molecule has 0 aromatic carbocycles. The van der Waals surface area contributed by atoms with Crippen molar-refractivity contribution in [3.63, 3.8) is 0 Å². The number of ether oxygens (including phenoxy) is 1. The van der Waals surface area contributed by atoms with Crippen LogP contribution in [0.5, 0.6) is 0 Å². The molecule has 0 aromatic rings. The predicted octanol–water partition coefficient (Wildman–Crippen LogP) is 2.43. The van der Waals surface area contributed by atoms with Crippen molar-refractivity contribution in [3.05, 3.63) is 0 Å². The van der Waals surface area contributed by atoms with Crippen molar-refractivity contribution >= 4 is 41.7 Å². The van der Waals surface area contributed by atoms with E-state index in [0.717, 1.165) is 45.2 Å². The second-order valence-corrected chi connectivity index (χ2v) is 6.91. The first-order chi connectivity index (χ1) is 8.59. The van der Waals surface area contributed by atoms with E-state index in [4.69, 9.17) is 4.74 Å². The first-order valence-corrected chi connectivity index (χ1v) is 7.74. The maximum atomic E-state index is 5.06. The van der Waals surface area contributed by atoms with Gasteiger partial charge >= 0.3 is 0 Å². The average Bonchev–Trinajstić information content (AvgIpc) is 2.32. The van der Waals surface area contributed by atoms with Gasteiger partial charge in [0.25, 0.3) is 0 Å². The summed E-state index contributed by atoms with van der Waals surface area (Å²) in [6, 6.07) is 0. The van der Waals surface area contributed by atoms with Gasteiger partial charge in [-0.05, 0) is 27.2 Å². The van der Waals surface area contributed by atoms with Crippen molar-refractivity contribution in [3.8, 4) is 0 Å². The van der Waals surface area contributed by atoms with Crippen LogP contribution in [0.4, 0.5) is 0 Å². The minimum Gasteiger partial charge on any atom is -0.385 e. The Morgan fingerprint density at radius 2 is 2.21 bits per heavy atom. The van der Waals surface area contributed by atoms with Crippen LogP contribution < -0.4 is 5.32 Å². The zero-order valence-electron chi connectivity index (χ0n) is 12.6. The van der Waals surface area contributed by atoms with E-state index in [0.29, 0.717) is 4.75 Å². The number of aliphatic imine (C=N–C) groups is 1. The smallest absolute Gasteiger partial charge is 0.193 e. The number of nitrogens with zero attached hydrogens (tertiary/aromatic N) is 2. The Morgan fingerprint density at radius 1 is 1.47 bits per heavy atom. The number of halogens is 1. The lowest BCUT2D eigenvalue weighted by molar-refractivity contribution is 0.197. The summed E-state index contributed by atoms with van der Waals surface area (Å²) < 4.78 is 5.38. The van der Waals surface area contributed by atoms with E-state index in [1.54, 1.807) is 7.11 Å². The van der Waals surface area contributed by atoms with Gasteiger partial charge < -0.3 is 15.0 Å². The van der Waals surface area contributed by atoms with Crippen LogP contribution in [-0.2, 0) is 4.74 Å². The van der Waals surface area contributed by atoms with Gasteiger partial charge in [0.1, 0.15) is 0 Å². The Balaban J connectivity index is 0.00000324. The number of nitrogens with one attached hydrogen (secondary N) is 1. The molecule has 0 aliphatic carbocycles. The second kappa shape index (κ2) is 10.1. The molecule has 0 atom stereocenters. The van der Waals surface area contributed by atoms with Gasteiger partial charge in [0.15, 0.2) is 5.96 Å². The SMILES string of the molecule is CCNC(=NCCCOC)N1CCSC(C)(C)C1.I. The third-order valence-corrected chi connectivity index (χ3v) is 4.13. The van der Waals surface area contributed by atoms with Crippen LogP contribution in [-0.4, -0.2) is 61.3 Å². The number of hydrogen-bond acceptors (Lipinski definition) is 3. The molecule has 1 saturated heterocycles. The topological polar surface area (TPSA) is 36.9 Å². The fourth-order valence-electron chi connectivity index (χ4n) is 2.02. The van der Waals surface area contributed by atoms with Crippen LogP contribution in [0.3, 0.4) is 0 Å². The molecular formula is C13H28IN3OS. The third-order valence-electron chi connectivity index (χ3n) is 2.83. The lowest BCUT2D eigenvalue weighted by atomic mass is 10.2. The predicted molar refractivity (Wildman–Crippen MR) is 96.0 cm³/mol. The Morgan fingerprint density at radius 3 is 2.79 bits per heavy atom. The molecule has 1 heterocycles. The molecule has 114 valence electrons. The van der Waals surface area contributed by atoms with Gasteiger partial charge in [-0.15, -0.1) is 24.0 Å². The van der Waals surface area contributed by atoms with Gasteiger partial charge in [0.05, 0.1) is 0 Å². The Labute approximate surface area is 139 Å². The zero-order valence-corrected chi connectivity index (χ0v) is 15.7. The lowest BCUT2D eigenvalue weighted by Gasteiger charge is -2.39. The van der Waals surface area contributed by atoms with Crippen molar-refractivity contribution in [2.45, 2.75) is 31.9 Å². The molecule has 0 unspecified atom stereocenters. The van der Waals surface area contributed by atoms with E-state index in [-0.39, 0.29) is 24.0 Å². The van der Waals surface area contributed by atoms with Gasteiger partial charge in [-0.2, -0.15) is 11.8 Å². The van der Waals surface area contributed by atoms with Crippen molar-refractivity contribution in [1.29, 1.82) is 0 Å². The number of rotatable bonds is 5. The molecule has 1 aliphatic rings. The summed E-state index contributed by atoms with van der Waals surface area (Å²) in [6.07, 6.45) is 0.984. The molecular weight excluding hydrogens is 373 g/mol. The second-order valence-electron chi connectivity index (χ2n) is 5.11. The summed E-state index contributed by atoms with van der Waals surface area (Å²) >= 11 is 2.05. The van der Waals surface area contributed by atoms with Crippen molar-refractivity contribution in [2.24, 2.45) is 4.99 Å². The van der Waals surface area contributed by atoms with Gasteiger partial charge in [-0.1, -0.05) is 0 Å². The van der Waals surface area contributed by atoms with E-state index >= 15 is 0 Å². The molecule has 6 heteroatoms. The number of guanidine groups is 1. The van der Waals surface area contributed by atoms with Gasteiger partial charge in [-0.3, -0.25) is 4.99 Å². The lowest BCUT2D eigenvalue weighted by Crippen LogP contribution is -2.51. The largest absolute Gasteiger partial charge is 0.385 e. The number of thioether (sulfide) groups is 1. The summed E-state index contributed by atoms with van der Waals surface area (Å²) in [7, 11) is 1.74. The standard InChI is InChI=1S/C13H27N3OS.HI/c1-5-14-12(15-7-6-9-17-4)16-8-10-18-13(2,3)11-16;/h5-11H2,1-4H3,(H,14,15);1H. The number of hydrogen-bond donors (Lipinski definition) is 1. The first-order valence-electron chi connectivity index (χ1n) is 6.75. The van der Waals surface area contributed by atoms with Crippen LogP contribution in [0.25, 0.3) is 0 Å².